The fourth-order valence-corrected chi connectivity index (χ4v) is 6.17. The van der Waals surface area contributed by atoms with Crippen molar-refractivity contribution in [2.24, 2.45) is 0 Å². The Labute approximate surface area is 309 Å². The van der Waals surface area contributed by atoms with Crippen molar-refractivity contribution in [2.75, 3.05) is 113 Å². The maximum absolute atomic E-state index is 12.4. The minimum atomic E-state index is -0.302. The molecule has 0 aromatic heterocycles. The molecule has 0 bridgehead atoms. The molecular weight excluding hydrogens is 856 g/mol. The lowest BCUT2D eigenvalue weighted by Crippen LogP contribution is -2.17. The van der Waals surface area contributed by atoms with Crippen LogP contribution in [0.25, 0.3) is 0 Å². The summed E-state index contributed by atoms with van der Waals surface area (Å²) in [6.45, 7) is 6.56. The first kappa shape index (κ1) is 40.2. The summed E-state index contributed by atoms with van der Waals surface area (Å²) >= 11 is 6.16. The number of halogens is 2. The monoisotopic (exact) mass is 901 g/mol. The van der Waals surface area contributed by atoms with Crippen molar-refractivity contribution in [2.45, 2.75) is 22.6 Å². The lowest BCUT2D eigenvalue weighted by atomic mass is 10.1. The summed E-state index contributed by atoms with van der Waals surface area (Å²) in [5.74, 6) is -0.600. The lowest BCUT2D eigenvalue weighted by molar-refractivity contribution is -0.145. The number of carbonyl (C=O) groups is 2. The summed E-state index contributed by atoms with van der Waals surface area (Å²) in [7, 11) is 2.00. The van der Waals surface area contributed by atoms with Crippen LogP contribution in [-0.4, -0.2) is 120 Å². The summed E-state index contributed by atoms with van der Waals surface area (Å²) in [6.07, 6.45) is 0.353. The van der Waals surface area contributed by atoms with Gasteiger partial charge in [-0.25, -0.2) is 0 Å². The Kier molecular flexibility index (Phi) is 21.2. The normalized spacial score (nSPS) is 12.1. The molecule has 3 rings (SSSR count). The number of benzene rings is 2. The molecule has 0 radical (unpaired) electrons. The van der Waals surface area contributed by atoms with Gasteiger partial charge in [-0.15, -0.1) is 0 Å². The molecule has 11 nitrogen and oxygen atoms in total. The molecule has 0 N–H and O–H groups in total. The van der Waals surface area contributed by atoms with Gasteiger partial charge in [-0.05, 0) is 35.4 Å². The highest BCUT2D eigenvalue weighted by Crippen LogP contribution is 2.48. The van der Waals surface area contributed by atoms with E-state index in [1.165, 1.54) is 0 Å². The van der Waals surface area contributed by atoms with Crippen LogP contribution >= 0.6 is 56.9 Å². The first-order valence-corrected chi connectivity index (χ1v) is 19.5. The first-order valence-electron chi connectivity index (χ1n) is 15.6. The average Bonchev–Trinajstić information content (AvgIpc) is 3.06. The molecular formula is C33H45I2NO10S. The van der Waals surface area contributed by atoms with Crippen molar-refractivity contribution in [3.05, 3.63) is 47.5 Å². The number of hydrogen-bond donors (Lipinski definition) is 0. The summed E-state index contributed by atoms with van der Waals surface area (Å²) < 4.78 is 45.1. The van der Waals surface area contributed by atoms with Crippen molar-refractivity contribution >= 4 is 80.3 Å². The van der Waals surface area contributed by atoms with Gasteiger partial charge in [0.2, 0.25) is 0 Å². The molecule has 0 saturated heterocycles. The van der Waals surface area contributed by atoms with Gasteiger partial charge in [0.1, 0.15) is 13.2 Å². The Morgan fingerprint density at radius 3 is 1.47 bits per heavy atom. The Morgan fingerprint density at radius 1 is 0.553 bits per heavy atom. The standard InChI is InChI=1S/C33H45I2NO10S/c1-36-28-4-2-27(25-33(38)46-21-19-44-17-15-42-13-11-40-9-7-35)23-31(28)47-30-5-3-26(22-29(30)36)24-32(37)45-20-18-43-16-14-41-12-10-39-8-6-34/h2-5,22-23H,6-21,24-25H2,1H3. The predicted octanol–water partition coefficient (Wildman–Crippen LogP) is 5.06. The van der Waals surface area contributed by atoms with Gasteiger partial charge in [0.15, 0.2) is 0 Å². The lowest BCUT2D eigenvalue weighted by Gasteiger charge is -2.30. The predicted molar refractivity (Wildman–Crippen MR) is 197 cm³/mol. The molecule has 262 valence electrons. The number of fused-ring (bicyclic) bond motifs is 2. The van der Waals surface area contributed by atoms with Crippen LogP contribution < -0.4 is 4.90 Å². The number of esters is 2. The zero-order chi connectivity index (χ0) is 33.5. The molecule has 2 aromatic rings. The number of anilines is 2. The van der Waals surface area contributed by atoms with Crippen LogP contribution in [0.3, 0.4) is 0 Å². The van der Waals surface area contributed by atoms with E-state index >= 15 is 0 Å². The average molecular weight is 902 g/mol. The van der Waals surface area contributed by atoms with E-state index in [-0.39, 0.29) is 38.0 Å². The Balaban J connectivity index is 1.32. The van der Waals surface area contributed by atoms with Crippen LogP contribution in [0.2, 0.25) is 0 Å². The van der Waals surface area contributed by atoms with Crippen LogP contribution in [-0.2, 0) is 60.3 Å². The summed E-state index contributed by atoms with van der Waals surface area (Å²) in [4.78, 5) is 29.1. The number of ether oxygens (including phenoxy) is 8. The molecule has 47 heavy (non-hydrogen) atoms. The van der Waals surface area contributed by atoms with Gasteiger partial charge < -0.3 is 42.8 Å². The van der Waals surface area contributed by atoms with Gasteiger partial charge in [0, 0.05) is 25.7 Å². The van der Waals surface area contributed by atoms with Crippen molar-refractivity contribution in [1.29, 1.82) is 0 Å². The molecule has 1 aliphatic rings. The van der Waals surface area contributed by atoms with Crippen molar-refractivity contribution in [3.8, 4) is 0 Å². The van der Waals surface area contributed by atoms with Gasteiger partial charge >= 0.3 is 11.9 Å². The number of alkyl halides is 2. The Morgan fingerprint density at radius 2 is 0.979 bits per heavy atom. The smallest absolute Gasteiger partial charge is 0.310 e. The van der Waals surface area contributed by atoms with Crippen molar-refractivity contribution < 1.29 is 47.5 Å². The first-order chi connectivity index (χ1) is 23.0. The second-order valence-electron chi connectivity index (χ2n) is 10.1. The third kappa shape index (κ3) is 16.3. The molecule has 0 fully saturated rings. The highest BCUT2D eigenvalue weighted by atomic mass is 127. The van der Waals surface area contributed by atoms with E-state index in [0.29, 0.717) is 66.1 Å². The fraction of sp³-hybridized carbons (Fsp3) is 0.576. The summed E-state index contributed by atoms with van der Waals surface area (Å²) in [6, 6.07) is 12.0. The highest BCUT2D eigenvalue weighted by Gasteiger charge is 2.22. The topological polar surface area (TPSA) is 111 Å². The van der Waals surface area contributed by atoms with E-state index in [1.54, 1.807) is 11.8 Å². The number of carbonyl (C=O) groups excluding carboxylic acids is 2. The third-order valence-corrected chi connectivity index (χ3v) is 8.59. The molecule has 0 unspecified atom stereocenters. The van der Waals surface area contributed by atoms with Crippen LogP contribution in [0.1, 0.15) is 11.1 Å². The van der Waals surface area contributed by atoms with E-state index in [2.05, 4.69) is 50.1 Å². The second kappa shape index (κ2) is 24.8. The largest absolute Gasteiger partial charge is 0.463 e. The molecule has 14 heteroatoms. The molecule has 1 heterocycles. The number of nitrogens with zero attached hydrogens (tertiary/aromatic N) is 1. The molecule has 0 aliphatic carbocycles. The third-order valence-electron chi connectivity index (χ3n) is 6.60. The molecule has 0 spiro atoms. The molecule has 1 aliphatic heterocycles. The Bertz CT molecular complexity index is 1210. The summed E-state index contributed by atoms with van der Waals surface area (Å²) in [5, 5.41) is 0. The van der Waals surface area contributed by atoms with E-state index in [1.807, 2.05) is 43.4 Å². The van der Waals surface area contributed by atoms with E-state index < -0.39 is 0 Å². The molecule has 0 amide bonds. The number of rotatable bonds is 26. The minimum absolute atomic E-state index is 0.174. The van der Waals surface area contributed by atoms with E-state index in [9.17, 15) is 9.59 Å². The van der Waals surface area contributed by atoms with E-state index in [4.69, 9.17) is 37.9 Å². The van der Waals surface area contributed by atoms with Gasteiger partial charge in [0.05, 0.1) is 103 Å². The molecule has 2 aromatic carbocycles. The highest BCUT2D eigenvalue weighted by molar-refractivity contribution is 14.1. The SMILES string of the molecule is CN1c2ccc(CC(=O)OCCOCCOCCOCCI)cc2Sc2ccc(CC(=O)OCCOCCOCCOCCI)cc21. The zero-order valence-electron chi connectivity index (χ0n) is 26.9. The summed E-state index contributed by atoms with van der Waals surface area (Å²) in [5.41, 5.74) is 3.79. The number of hydrogen-bond acceptors (Lipinski definition) is 12. The van der Waals surface area contributed by atoms with Crippen LogP contribution in [0.5, 0.6) is 0 Å². The second-order valence-corrected chi connectivity index (χ2v) is 13.4. The maximum atomic E-state index is 12.4. The molecule has 0 saturated carbocycles. The van der Waals surface area contributed by atoms with E-state index in [0.717, 1.165) is 54.4 Å². The van der Waals surface area contributed by atoms with Gasteiger partial charge in [-0.1, -0.05) is 69.1 Å². The molecule has 0 atom stereocenters. The fourth-order valence-electron chi connectivity index (χ4n) is 4.35. The van der Waals surface area contributed by atoms with Gasteiger partial charge in [-0.3, -0.25) is 9.59 Å². The van der Waals surface area contributed by atoms with Crippen LogP contribution in [0, 0.1) is 0 Å². The van der Waals surface area contributed by atoms with Gasteiger partial charge in [-0.2, -0.15) is 0 Å². The van der Waals surface area contributed by atoms with Crippen LogP contribution in [0.15, 0.2) is 46.2 Å². The Hall–Kier alpha value is -1.25. The minimum Gasteiger partial charge on any atom is -0.463 e. The van der Waals surface area contributed by atoms with Crippen molar-refractivity contribution in [3.63, 3.8) is 0 Å². The van der Waals surface area contributed by atoms with Crippen molar-refractivity contribution in [1.82, 2.24) is 0 Å². The quantitative estimate of drug-likeness (QED) is 0.0545. The van der Waals surface area contributed by atoms with Crippen LogP contribution in [0.4, 0.5) is 11.4 Å². The maximum Gasteiger partial charge on any atom is 0.310 e. The van der Waals surface area contributed by atoms with Gasteiger partial charge in [0.25, 0.3) is 0 Å². The zero-order valence-corrected chi connectivity index (χ0v) is 32.0.